The van der Waals surface area contributed by atoms with Crippen molar-refractivity contribution >= 4 is 6.16 Å². The van der Waals surface area contributed by atoms with E-state index in [-0.39, 0.29) is 6.42 Å². The van der Waals surface area contributed by atoms with Crippen LogP contribution >= 0.6 is 0 Å². The highest BCUT2D eigenvalue weighted by molar-refractivity contribution is 5.60. The summed E-state index contributed by atoms with van der Waals surface area (Å²) in [6.45, 7) is 5.20. The van der Waals surface area contributed by atoms with E-state index in [1.54, 1.807) is 20.8 Å². The van der Waals surface area contributed by atoms with Crippen LogP contribution in [-0.4, -0.2) is 49.6 Å². The highest BCUT2D eigenvalue weighted by atomic mass is 16.7. The van der Waals surface area contributed by atoms with Crippen LogP contribution in [0.1, 0.15) is 26.3 Å². The molecule has 0 fully saturated rings. The lowest BCUT2D eigenvalue weighted by atomic mass is 10.0. The third-order valence-corrected chi connectivity index (χ3v) is 4.08. The number of aliphatic hydroxyl groups excluding tert-OH is 1. The first-order valence-corrected chi connectivity index (χ1v) is 9.67. The van der Waals surface area contributed by atoms with Gasteiger partial charge in [0, 0.05) is 20.6 Å². The Morgan fingerprint density at radius 2 is 1.60 bits per heavy atom. The fourth-order valence-corrected chi connectivity index (χ4v) is 2.77. The molecule has 0 bridgehead atoms. The summed E-state index contributed by atoms with van der Waals surface area (Å²) in [5.74, 6) is 1.33. The second-order valence-electron chi connectivity index (χ2n) is 7.72. The molecule has 2 rings (SSSR count). The molecule has 0 heterocycles. The van der Waals surface area contributed by atoms with Crippen molar-refractivity contribution in [3.8, 4) is 11.5 Å². The third kappa shape index (κ3) is 7.67. The van der Waals surface area contributed by atoms with Crippen molar-refractivity contribution in [3.63, 3.8) is 0 Å². The van der Waals surface area contributed by atoms with Crippen molar-refractivity contribution in [1.29, 1.82) is 0 Å². The van der Waals surface area contributed by atoms with Gasteiger partial charge in [0.05, 0.1) is 0 Å². The van der Waals surface area contributed by atoms with E-state index in [4.69, 9.17) is 23.7 Å². The molecule has 7 heteroatoms. The van der Waals surface area contributed by atoms with Crippen LogP contribution in [0.2, 0.25) is 0 Å². The predicted octanol–water partition coefficient (Wildman–Crippen LogP) is 4.32. The van der Waals surface area contributed by atoms with Crippen LogP contribution in [0, 0.1) is 0 Å². The molecule has 2 unspecified atom stereocenters. The standard InChI is InChI=1S/C23H30O7/c1-23(2,3)30-22(25)29-19(20(24)21(26-4)27-5)15-16-10-9-13-18(14-16)28-17-11-7-6-8-12-17/h6-14,19-21,24H,15H2,1-5H3. The van der Waals surface area contributed by atoms with E-state index in [1.807, 2.05) is 54.6 Å². The van der Waals surface area contributed by atoms with E-state index in [0.717, 1.165) is 5.56 Å². The van der Waals surface area contributed by atoms with E-state index in [2.05, 4.69) is 0 Å². The molecule has 0 aromatic heterocycles. The average Bonchev–Trinajstić information content (AvgIpc) is 2.68. The van der Waals surface area contributed by atoms with Gasteiger partial charge in [-0.05, 0) is 50.6 Å². The van der Waals surface area contributed by atoms with Gasteiger partial charge in [0.1, 0.15) is 29.3 Å². The van der Waals surface area contributed by atoms with Crippen LogP contribution in [-0.2, 0) is 25.4 Å². The van der Waals surface area contributed by atoms with Gasteiger partial charge in [-0.15, -0.1) is 0 Å². The fraction of sp³-hybridized carbons (Fsp3) is 0.435. The van der Waals surface area contributed by atoms with Crippen molar-refractivity contribution in [2.45, 2.75) is 51.3 Å². The van der Waals surface area contributed by atoms with Gasteiger partial charge in [-0.3, -0.25) is 0 Å². The van der Waals surface area contributed by atoms with Crippen LogP contribution in [0.25, 0.3) is 0 Å². The summed E-state index contributed by atoms with van der Waals surface area (Å²) in [5, 5.41) is 10.7. The van der Waals surface area contributed by atoms with Gasteiger partial charge in [-0.2, -0.15) is 0 Å². The lowest BCUT2D eigenvalue weighted by molar-refractivity contribution is -0.194. The smallest absolute Gasteiger partial charge is 0.457 e. The number of carbonyl (C=O) groups is 1. The Bertz CT molecular complexity index is 782. The molecule has 0 saturated carbocycles. The van der Waals surface area contributed by atoms with Crippen LogP contribution < -0.4 is 4.74 Å². The maximum Gasteiger partial charge on any atom is 0.509 e. The number of aliphatic hydroxyl groups is 1. The minimum absolute atomic E-state index is 0.204. The summed E-state index contributed by atoms with van der Waals surface area (Å²) in [7, 11) is 2.80. The highest BCUT2D eigenvalue weighted by Gasteiger charge is 2.33. The Balaban J connectivity index is 2.17. The molecule has 0 amide bonds. The van der Waals surface area contributed by atoms with Crippen LogP contribution in [0.3, 0.4) is 0 Å². The molecule has 1 N–H and O–H groups in total. The van der Waals surface area contributed by atoms with Crippen molar-refractivity contribution < 1.29 is 33.6 Å². The quantitative estimate of drug-likeness (QED) is 0.479. The molecule has 0 aliphatic rings. The highest BCUT2D eigenvalue weighted by Crippen LogP contribution is 2.24. The number of rotatable bonds is 9. The summed E-state index contributed by atoms with van der Waals surface area (Å²) in [6.07, 6.45) is -3.84. The van der Waals surface area contributed by atoms with Gasteiger partial charge in [0.2, 0.25) is 0 Å². The SMILES string of the molecule is COC(OC)C(O)C(Cc1cccc(Oc2ccccc2)c1)OC(=O)OC(C)(C)C. The van der Waals surface area contributed by atoms with Gasteiger partial charge in [0.15, 0.2) is 6.29 Å². The number of benzene rings is 2. The second kappa shape index (κ2) is 11.0. The van der Waals surface area contributed by atoms with Crippen molar-refractivity contribution in [1.82, 2.24) is 0 Å². The van der Waals surface area contributed by atoms with Gasteiger partial charge in [0.25, 0.3) is 0 Å². The molecule has 2 aromatic carbocycles. The predicted molar refractivity (Wildman–Crippen MR) is 112 cm³/mol. The Morgan fingerprint density at radius 1 is 0.967 bits per heavy atom. The largest absolute Gasteiger partial charge is 0.509 e. The van der Waals surface area contributed by atoms with E-state index in [0.29, 0.717) is 11.5 Å². The van der Waals surface area contributed by atoms with Gasteiger partial charge in [-0.1, -0.05) is 30.3 Å². The summed E-state index contributed by atoms with van der Waals surface area (Å²) >= 11 is 0. The second-order valence-corrected chi connectivity index (χ2v) is 7.72. The van der Waals surface area contributed by atoms with Crippen molar-refractivity contribution in [2.24, 2.45) is 0 Å². The van der Waals surface area contributed by atoms with Crippen molar-refractivity contribution in [3.05, 3.63) is 60.2 Å². The Kier molecular flexibility index (Phi) is 8.65. The molecule has 2 atom stereocenters. The van der Waals surface area contributed by atoms with E-state index >= 15 is 0 Å². The van der Waals surface area contributed by atoms with E-state index in [1.165, 1.54) is 14.2 Å². The normalized spacial score (nSPS) is 13.6. The molecular weight excluding hydrogens is 388 g/mol. The first kappa shape index (κ1) is 23.7. The zero-order valence-corrected chi connectivity index (χ0v) is 18.0. The molecule has 0 aliphatic carbocycles. The summed E-state index contributed by atoms with van der Waals surface area (Å²) in [5.41, 5.74) is 0.0692. The van der Waals surface area contributed by atoms with Crippen LogP contribution in [0.4, 0.5) is 4.79 Å². The first-order chi connectivity index (χ1) is 14.2. The molecule has 7 nitrogen and oxygen atoms in total. The maximum atomic E-state index is 12.2. The first-order valence-electron chi connectivity index (χ1n) is 9.67. The molecule has 0 radical (unpaired) electrons. The van der Waals surface area contributed by atoms with E-state index in [9.17, 15) is 9.90 Å². The number of carbonyl (C=O) groups excluding carboxylic acids is 1. The van der Waals surface area contributed by atoms with Crippen LogP contribution in [0.15, 0.2) is 54.6 Å². The maximum absolute atomic E-state index is 12.2. The van der Waals surface area contributed by atoms with Crippen LogP contribution in [0.5, 0.6) is 11.5 Å². The lowest BCUT2D eigenvalue weighted by Gasteiger charge is -2.29. The lowest BCUT2D eigenvalue weighted by Crippen LogP contribution is -2.44. The van der Waals surface area contributed by atoms with Gasteiger partial charge >= 0.3 is 6.16 Å². The Hall–Kier alpha value is -2.61. The zero-order chi connectivity index (χ0) is 22.1. The molecule has 30 heavy (non-hydrogen) atoms. The van der Waals surface area contributed by atoms with E-state index < -0.39 is 30.3 Å². The summed E-state index contributed by atoms with van der Waals surface area (Å²) in [4.78, 5) is 12.2. The minimum atomic E-state index is -1.23. The monoisotopic (exact) mass is 418 g/mol. The molecule has 164 valence electrons. The topological polar surface area (TPSA) is 83.5 Å². The minimum Gasteiger partial charge on any atom is -0.457 e. The molecule has 2 aromatic rings. The van der Waals surface area contributed by atoms with Gasteiger partial charge in [-0.25, -0.2) is 4.79 Å². The summed E-state index contributed by atoms with van der Waals surface area (Å²) in [6, 6.07) is 16.7. The number of methoxy groups -OCH3 is 2. The average molecular weight is 418 g/mol. The number of ether oxygens (including phenoxy) is 5. The summed E-state index contributed by atoms with van der Waals surface area (Å²) < 4.78 is 26.8. The Labute approximate surface area is 177 Å². The number of hydrogen-bond donors (Lipinski definition) is 1. The third-order valence-electron chi connectivity index (χ3n) is 4.08. The molecular formula is C23H30O7. The molecule has 0 saturated heterocycles. The Morgan fingerprint density at radius 3 is 2.20 bits per heavy atom. The molecule has 0 aliphatic heterocycles. The molecule has 0 spiro atoms. The zero-order valence-electron chi connectivity index (χ0n) is 18.0. The fourth-order valence-electron chi connectivity index (χ4n) is 2.77. The van der Waals surface area contributed by atoms with Gasteiger partial charge < -0.3 is 28.8 Å². The number of para-hydroxylation sites is 1. The van der Waals surface area contributed by atoms with Crippen molar-refractivity contribution in [2.75, 3.05) is 14.2 Å². The number of hydrogen-bond acceptors (Lipinski definition) is 7.